The van der Waals surface area contributed by atoms with E-state index in [4.69, 9.17) is 0 Å². The summed E-state index contributed by atoms with van der Waals surface area (Å²) in [6, 6.07) is 0. The molecule has 1 aliphatic heterocycles. The molecule has 0 aliphatic carbocycles. The first-order valence-electron chi connectivity index (χ1n) is 8.05. The third-order valence-electron chi connectivity index (χ3n) is 4.26. The largest absolute Gasteiger partial charge is 0.301 e. The Labute approximate surface area is 126 Å². The molecule has 0 atom stereocenters. The summed E-state index contributed by atoms with van der Waals surface area (Å²) in [5.41, 5.74) is 2.03. The van der Waals surface area contributed by atoms with Crippen molar-refractivity contribution in [1.29, 1.82) is 0 Å². The van der Waals surface area contributed by atoms with Crippen molar-refractivity contribution >= 4 is 11.0 Å². The average molecular weight is 286 g/mol. The van der Waals surface area contributed by atoms with Gasteiger partial charge in [0.05, 0.1) is 23.8 Å². The average Bonchev–Trinajstić information content (AvgIpc) is 2.74. The monoisotopic (exact) mass is 286 g/mol. The third kappa shape index (κ3) is 3.40. The Kier molecular flexibility index (Phi) is 4.80. The van der Waals surface area contributed by atoms with E-state index >= 15 is 0 Å². The number of nitrogens with zero attached hydrogens (tertiary/aromatic N) is 5. The lowest BCUT2D eigenvalue weighted by atomic mass is 10.2. The van der Waals surface area contributed by atoms with E-state index in [0.717, 1.165) is 42.7 Å². The second kappa shape index (κ2) is 6.98. The molecule has 0 spiro atoms. The van der Waals surface area contributed by atoms with Gasteiger partial charge in [-0.05, 0) is 38.8 Å². The van der Waals surface area contributed by atoms with Crippen LogP contribution in [-0.4, -0.2) is 44.3 Å². The molecule has 0 saturated carbocycles. The standard InChI is InChI=1S/C16H24N5/c1-2-7-15-14-12-19-21(16(14)18-13-17-15)11-10-20-8-5-3-4-6-9-20/h12-13H,1-11H2. The first-order valence-corrected chi connectivity index (χ1v) is 8.05. The molecule has 0 unspecified atom stereocenters. The van der Waals surface area contributed by atoms with Gasteiger partial charge in [0.2, 0.25) is 0 Å². The molecule has 5 nitrogen and oxygen atoms in total. The molecule has 3 heterocycles. The predicted octanol–water partition coefficient (Wildman–Crippen LogP) is 2.47. The maximum atomic E-state index is 4.51. The topological polar surface area (TPSA) is 46.8 Å². The lowest BCUT2D eigenvalue weighted by Gasteiger charge is -2.19. The van der Waals surface area contributed by atoms with Crippen molar-refractivity contribution in [3.05, 3.63) is 25.1 Å². The maximum Gasteiger partial charge on any atom is 0.161 e. The number of hydrogen-bond donors (Lipinski definition) is 0. The molecule has 0 N–H and O–H groups in total. The summed E-state index contributed by atoms with van der Waals surface area (Å²) in [6.45, 7) is 8.32. The minimum atomic E-state index is 0.852. The van der Waals surface area contributed by atoms with Crippen molar-refractivity contribution in [3.8, 4) is 0 Å². The van der Waals surface area contributed by atoms with Crippen molar-refractivity contribution < 1.29 is 0 Å². The highest BCUT2D eigenvalue weighted by molar-refractivity contribution is 5.76. The number of aromatic nitrogens is 4. The fraction of sp³-hybridized carbons (Fsp3) is 0.625. The van der Waals surface area contributed by atoms with Gasteiger partial charge < -0.3 is 4.90 Å². The Hall–Kier alpha value is -1.49. The Bertz CT molecular complexity index is 569. The van der Waals surface area contributed by atoms with Gasteiger partial charge >= 0.3 is 0 Å². The zero-order valence-corrected chi connectivity index (χ0v) is 12.7. The highest BCUT2D eigenvalue weighted by Crippen LogP contribution is 2.16. The van der Waals surface area contributed by atoms with Crippen molar-refractivity contribution in [2.24, 2.45) is 0 Å². The zero-order valence-electron chi connectivity index (χ0n) is 12.7. The Morgan fingerprint density at radius 3 is 2.62 bits per heavy atom. The van der Waals surface area contributed by atoms with Crippen LogP contribution in [0.4, 0.5) is 0 Å². The van der Waals surface area contributed by atoms with E-state index in [1.165, 1.54) is 38.8 Å². The summed E-state index contributed by atoms with van der Waals surface area (Å²) in [4.78, 5) is 11.3. The van der Waals surface area contributed by atoms with Crippen LogP contribution in [0, 0.1) is 6.92 Å². The normalized spacial score (nSPS) is 17.2. The van der Waals surface area contributed by atoms with Crippen LogP contribution >= 0.6 is 0 Å². The first-order chi connectivity index (χ1) is 10.4. The molecule has 2 aromatic rings. The van der Waals surface area contributed by atoms with Crippen molar-refractivity contribution in [2.45, 2.75) is 45.1 Å². The molecule has 21 heavy (non-hydrogen) atoms. The molecule has 0 aromatic carbocycles. The second-order valence-electron chi connectivity index (χ2n) is 5.78. The molecule has 1 fully saturated rings. The Balaban J connectivity index is 1.70. The van der Waals surface area contributed by atoms with Crippen LogP contribution in [0.15, 0.2) is 12.5 Å². The summed E-state index contributed by atoms with van der Waals surface area (Å²) < 4.78 is 2.02. The Morgan fingerprint density at radius 1 is 1.05 bits per heavy atom. The highest BCUT2D eigenvalue weighted by Gasteiger charge is 2.12. The molecule has 3 rings (SSSR count). The smallest absolute Gasteiger partial charge is 0.161 e. The fourth-order valence-corrected chi connectivity index (χ4v) is 3.07. The lowest BCUT2D eigenvalue weighted by Crippen LogP contribution is -2.28. The van der Waals surface area contributed by atoms with E-state index < -0.39 is 0 Å². The van der Waals surface area contributed by atoms with Gasteiger partial charge in [-0.2, -0.15) is 5.10 Å². The van der Waals surface area contributed by atoms with Crippen LogP contribution in [0.3, 0.4) is 0 Å². The number of hydrogen-bond acceptors (Lipinski definition) is 4. The van der Waals surface area contributed by atoms with E-state index in [9.17, 15) is 0 Å². The molecular weight excluding hydrogens is 262 g/mol. The zero-order chi connectivity index (χ0) is 14.5. The van der Waals surface area contributed by atoms with Gasteiger partial charge in [-0.1, -0.05) is 19.8 Å². The van der Waals surface area contributed by atoms with Crippen LogP contribution in [0.2, 0.25) is 0 Å². The van der Waals surface area contributed by atoms with Crippen LogP contribution in [-0.2, 0) is 13.0 Å². The van der Waals surface area contributed by atoms with E-state index in [2.05, 4.69) is 26.9 Å². The molecule has 5 heteroatoms. The van der Waals surface area contributed by atoms with Crippen LogP contribution in [0.1, 0.15) is 37.8 Å². The highest BCUT2D eigenvalue weighted by atomic mass is 15.3. The number of rotatable bonds is 5. The molecule has 113 valence electrons. The molecule has 1 saturated heterocycles. The second-order valence-corrected chi connectivity index (χ2v) is 5.78. The molecule has 2 aromatic heterocycles. The summed E-state index contributed by atoms with van der Waals surface area (Å²) >= 11 is 0. The Morgan fingerprint density at radius 2 is 1.86 bits per heavy atom. The van der Waals surface area contributed by atoms with Gasteiger partial charge in [-0.3, -0.25) is 0 Å². The maximum absolute atomic E-state index is 4.51. The molecule has 0 bridgehead atoms. The lowest BCUT2D eigenvalue weighted by molar-refractivity contribution is 0.270. The number of likely N-dealkylation sites (tertiary alicyclic amines) is 1. The fourth-order valence-electron chi connectivity index (χ4n) is 3.07. The van der Waals surface area contributed by atoms with Gasteiger partial charge in [0.25, 0.3) is 0 Å². The summed E-state index contributed by atoms with van der Waals surface area (Å²) in [5.74, 6) is 0. The molecule has 1 radical (unpaired) electrons. The van der Waals surface area contributed by atoms with Crippen molar-refractivity contribution in [1.82, 2.24) is 24.6 Å². The minimum Gasteiger partial charge on any atom is -0.301 e. The number of aryl methyl sites for hydroxylation is 1. The summed E-state index contributed by atoms with van der Waals surface area (Å²) in [7, 11) is 0. The van der Waals surface area contributed by atoms with Crippen molar-refractivity contribution in [3.63, 3.8) is 0 Å². The van der Waals surface area contributed by atoms with Crippen LogP contribution in [0.25, 0.3) is 11.0 Å². The van der Waals surface area contributed by atoms with Gasteiger partial charge in [0.15, 0.2) is 5.65 Å². The van der Waals surface area contributed by atoms with Gasteiger partial charge in [-0.15, -0.1) is 0 Å². The van der Waals surface area contributed by atoms with Crippen LogP contribution in [0.5, 0.6) is 0 Å². The van der Waals surface area contributed by atoms with Gasteiger partial charge in [0, 0.05) is 6.54 Å². The van der Waals surface area contributed by atoms with Crippen LogP contribution < -0.4 is 0 Å². The van der Waals surface area contributed by atoms with E-state index in [-0.39, 0.29) is 0 Å². The minimum absolute atomic E-state index is 0.852. The summed E-state index contributed by atoms with van der Waals surface area (Å²) in [5, 5.41) is 5.59. The van der Waals surface area contributed by atoms with E-state index in [0.29, 0.717) is 0 Å². The molecule has 1 aliphatic rings. The quantitative estimate of drug-likeness (QED) is 0.847. The molecular formula is C16H24N5. The summed E-state index contributed by atoms with van der Waals surface area (Å²) in [6.07, 6.45) is 10.7. The van der Waals surface area contributed by atoms with E-state index in [1.54, 1.807) is 6.33 Å². The van der Waals surface area contributed by atoms with E-state index in [1.807, 2.05) is 10.9 Å². The SMILES string of the molecule is [CH2]CCc1ncnc2c1cnn2CCN1CCCCCC1. The van der Waals surface area contributed by atoms with Gasteiger partial charge in [-0.25, -0.2) is 14.6 Å². The van der Waals surface area contributed by atoms with Gasteiger partial charge in [0.1, 0.15) is 6.33 Å². The third-order valence-corrected chi connectivity index (χ3v) is 4.26. The number of fused-ring (bicyclic) bond motifs is 1. The molecule has 0 amide bonds. The predicted molar refractivity (Wildman–Crippen MR) is 83.9 cm³/mol. The first kappa shape index (κ1) is 14.4. The van der Waals surface area contributed by atoms with Crippen molar-refractivity contribution in [2.75, 3.05) is 19.6 Å².